The molecule has 0 aromatic carbocycles. The van der Waals surface area contributed by atoms with Crippen LogP contribution in [0.15, 0.2) is 12.2 Å². The molecule has 0 fully saturated rings. The van der Waals surface area contributed by atoms with E-state index in [4.69, 9.17) is 0 Å². The molecule has 1 nitrogen and oxygen atoms in total. The smallest absolute Gasteiger partial charge is 0.0447 e. The van der Waals surface area contributed by atoms with Crippen LogP contribution in [0.4, 0.5) is 0 Å². The van der Waals surface area contributed by atoms with Crippen molar-refractivity contribution < 1.29 is 0 Å². The zero-order valence-corrected chi connectivity index (χ0v) is 10.2. The molecule has 3 rings (SSSR count). The van der Waals surface area contributed by atoms with E-state index < -0.39 is 0 Å². The summed E-state index contributed by atoms with van der Waals surface area (Å²) in [5.74, 6) is 0. The molecule has 2 aliphatic rings. The van der Waals surface area contributed by atoms with Gasteiger partial charge >= 0.3 is 0 Å². The number of nitrogens with zero attached hydrogens (tertiary/aromatic N) is 1. The van der Waals surface area contributed by atoms with Gasteiger partial charge in [-0.05, 0) is 49.8 Å². The Hall–Kier alpha value is -1.24. The lowest BCUT2D eigenvalue weighted by atomic mass is 9.99. The quantitative estimate of drug-likeness (QED) is 0.700. The summed E-state index contributed by atoms with van der Waals surface area (Å²) in [5, 5.41) is 0. The van der Waals surface area contributed by atoms with Gasteiger partial charge < -0.3 is 4.57 Å². The van der Waals surface area contributed by atoms with Gasteiger partial charge in [0.25, 0.3) is 0 Å². The standard InChI is InChI=1S/C15H19N/c1-3-6-13-12(4-2)14-8-5-7-11-9-10-15(13)16(11)14/h3,5-6,8,11H,4,7,9-10H2,1-2H3/b6-3-. The highest BCUT2D eigenvalue weighted by molar-refractivity contribution is 5.67. The Kier molecular flexibility index (Phi) is 2.27. The van der Waals surface area contributed by atoms with E-state index in [0.29, 0.717) is 0 Å². The van der Waals surface area contributed by atoms with E-state index >= 15 is 0 Å². The minimum atomic E-state index is 0.749. The number of rotatable bonds is 2. The van der Waals surface area contributed by atoms with Crippen molar-refractivity contribution in [2.24, 2.45) is 0 Å². The van der Waals surface area contributed by atoms with Gasteiger partial charge in [0.2, 0.25) is 0 Å². The summed E-state index contributed by atoms with van der Waals surface area (Å²) >= 11 is 0. The lowest BCUT2D eigenvalue weighted by molar-refractivity contribution is 0.524. The Bertz CT molecular complexity index is 474. The van der Waals surface area contributed by atoms with Crippen molar-refractivity contribution in [3.8, 4) is 0 Å². The fraction of sp³-hybridized carbons (Fsp3) is 0.467. The third-order valence-corrected chi connectivity index (χ3v) is 3.95. The van der Waals surface area contributed by atoms with E-state index in [9.17, 15) is 0 Å². The molecule has 3 heterocycles. The van der Waals surface area contributed by atoms with Crippen LogP contribution in [0.5, 0.6) is 0 Å². The highest BCUT2D eigenvalue weighted by Gasteiger charge is 2.30. The molecule has 1 aromatic heterocycles. The van der Waals surface area contributed by atoms with Crippen molar-refractivity contribution in [1.82, 2.24) is 4.57 Å². The van der Waals surface area contributed by atoms with Gasteiger partial charge in [-0.15, -0.1) is 0 Å². The molecule has 1 unspecified atom stereocenters. The minimum absolute atomic E-state index is 0.749. The third-order valence-electron chi connectivity index (χ3n) is 3.95. The van der Waals surface area contributed by atoms with E-state index in [-0.39, 0.29) is 0 Å². The fourth-order valence-electron chi connectivity index (χ4n) is 3.31. The van der Waals surface area contributed by atoms with Crippen LogP contribution >= 0.6 is 0 Å². The summed E-state index contributed by atoms with van der Waals surface area (Å²) in [6, 6.07) is 0.749. The van der Waals surface area contributed by atoms with Crippen LogP contribution in [0.2, 0.25) is 0 Å². The maximum Gasteiger partial charge on any atom is 0.0447 e. The first kappa shape index (κ1) is 9.95. The van der Waals surface area contributed by atoms with Gasteiger partial charge in [-0.3, -0.25) is 0 Å². The molecule has 0 N–H and O–H groups in total. The van der Waals surface area contributed by atoms with Crippen molar-refractivity contribution in [2.75, 3.05) is 0 Å². The van der Waals surface area contributed by atoms with Crippen LogP contribution in [-0.2, 0) is 12.8 Å². The average Bonchev–Trinajstić information content (AvgIpc) is 2.85. The van der Waals surface area contributed by atoms with Gasteiger partial charge in [0.05, 0.1) is 0 Å². The van der Waals surface area contributed by atoms with Crippen LogP contribution in [-0.4, -0.2) is 4.57 Å². The predicted molar refractivity (Wildman–Crippen MR) is 69.5 cm³/mol. The topological polar surface area (TPSA) is 4.93 Å². The molecular formula is C15H19N. The molecule has 84 valence electrons. The Labute approximate surface area is 97.5 Å². The number of aromatic nitrogens is 1. The van der Waals surface area contributed by atoms with Gasteiger partial charge in [-0.2, -0.15) is 0 Å². The Morgan fingerprint density at radius 3 is 3.12 bits per heavy atom. The summed E-state index contributed by atoms with van der Waals surface area (Å²) in [4.78, 5) is 0. The molecule has 0 saturated carbocycles. The zero-order chi connectivity index (χ0) is 11.1. The van der Waals surface area contributed by atoms with Crippen molar-refractivity contribution in [2.45, 2.75) is 45.6 Å². The fourth-order valence-corrected chi connectivity index (χ4v) is 3.31. The van der Waals surface area contributed by atoms with Crippen molar-refractivity contribution in [3.05, 3.63) is 34.7 Å². The lowest BCUT2D eigenvalue weighted by Gasteiger charge is -2.18. The molecule has 0 saturated heterocycles. The third kappa shape index (κ3) is 1.17. The van der Waals surface area contributed by atoms with E-state index in [2.05, 4.69) is 42.7 Å². The summed E-state index contributed by atoms with van der Waals surface area (Å²) < 4.78 is 2.61. The molecule has 0 bridgehead atoms. The second-order valence-corrected chi connectivity index (χ2v) is 4.78. The Morgan fingerprint density at radius 2 is 2.38 bits per heavy atom. The number of allylic oxidation sites excluding steroid dienone is 2. The van der Waals surface area contributed by atoms with Gasteiger partial charge in [0.1, 0.15) is 0 Å². The van der Waals surface area contributed by atoms with E-state index in [0.717, 1.165) is 12.5 Å². The first-order valence-electron chi connectivity index (χ1n) is 6.42. The average molecular weight is 213 g/mol. The van der Waals surface area contributed by atoms with Crippen molar-refractivity contribution in [1.29, 1.82) is 0 Å². The zero-order valence-electron chi connectivity index (χ0n) is 10.2. The van der Waals surface area contributed by atoms with Crippen molar-refractivity contribution in [3.63, 3.8) is 0 Å². The molecule has 0 aliphatic carbocycles. The first-order valence-corrected chi connectivity index (χ1v) is 6.42. The predicted octanol–water partition coefficient (Wildman–Crippen LogP) is 3.99. The maximum absolute atomic E-state index is 2.61. The summed E-state index contributed by atoms with van der Waals surface area (Å²) in [6.07, 6.45) is 14.1. The Balaban J connectivity index is 2.27. The van der Waals surface area contributed by atoms with Crippen LogP contribution in [0.3, 0.4) is 0 Å². The molecule has 1 heteroatoms. The molecule has 16 heavy (non-hydrogen) atoms. The summed E-state index contributed by atoms with van der Waals surface area (Å²) in [6.45, 7) is 4.39. The van der Waals surface area contributed by atoms with E-state index in [1.54, 1.807) is 11.3 Å². The van der Waals surface area contributed by atoms with Gasteiger partial charge in [0.15, 0.2) is 0 Å². The maximum atomic E-state index is 2.61. The van der Waals surface area contributed by atoms with Gasteiger partial charge in [0, 0.05) is 17.4 Å². The highest BCUT2D eigenvalue weighted by Crippen LogP contribution is 2.41. The van der Waals surface area contributed by atoms with Crippen LogP contribution in [0.1, 0.15) is 55.2 Å². The molecule has 0 amide bonds. The number of hydrogen-bond donors (Lipinski definition) is 0. The number of hydrogen-bond acceptors (Lipinski definition) is 0. The second kappa shape index (κ2) is 3.65. The highest BCUT2D eigenvalue weighted by atomic mass is 15.1. The van der Waals surface area contributed by atoms with E-state index in [1.165, 1.54) is 30.5 Å². The summed E-state index contributed by atoms with van der Waals surface area (Å²) in [5.41, 5.74) is 6.13. The molecule has 0 spiro atoms. The van der Waals surface area contributed by atoms with E-state index in [1.807, 2.05) is 0 Å². The first-order chi connectivity index (χ1) is 7.86. The van der Waals surface area contributed by atoms with Gasteiger partial charge in [-0.1, -0.05) is 25.2 Å². The van der Waals surface area contributed by atoms with Gasteiger partial charge in [-0.25, -0.2) is 0 Å². The van der Waals surface area contributed by atoms with Crippen molar-refractivity contribution >= 4 is 12.2 Å². The Morgan fingerprint density at radius 1 is 1.50 bits per heavy atom. The largest absolute Gasteiger partial charge is 0.341 e. The van der Waals surface area contributed by atoms with Crippen LogP contribution in [0, 0.1) is 0 Å². The monoisotopic (exact) mass is 213 g/mol. The van der Waals surface area contributed by atoms with Crippen LogP contribution < -0.4 is 0 Å². The molecule has 0 radical (unpaired) electrons. The molecule has 2 aliphatic heterocycles. The second-order valence-electron chi connectivity index (χ2n) is 4.78. The molecule has 1 aromatic rings. The summed E-state index contributed by atoms with van der Waals surface area (Å²) in [7, 11) is 0. The minimum Gasteiger partial charge on any atom is -0.341 e. The molecule has 1 atom stereocenters. The van der Waals surface area contributed by atoms with Crippen LogP contribution in [0.25, 0.3) is 12.2 Å². The lowest BCUT2D eigenvalue weighted by Crippen LogP contribution is -2.08. The normalized spacial score (nSPS) is 22.0. The SMILES string of the molecule is C/C=C\c1c(CC)c2n3c1CCC3CC=C2. The molecular weight excluding hydrogens is 194 g/mol.